The largest absolute Gasteiger partial charge is 0.374 e. The van der Waals surface area contributed by atoms with Gasteiger partial charge >= 0.3 is 0 Å². The number of hydrogen-bond acceptors (Lipinski definition) is 1. The van der Waals surface area contributed by atoms with Crippen molar-refractivity contribution >= 4 is 11.6 Å². The second kappa shape index (κ2) is 2.47. The number of rotatable bonds is 1. The quantitative estimate of drug-likeness (QED) is 0.518. The van der Waals surface area contributed by atoms with Crippen LogP contribution in [0.3, 0.4) is 0 Å². The van der Waals surface area contributed by atoms with Crippen LogP contribution in [-0.2, 0) is 4.74 Å². The van der Waals surface area contributed by atoms with Gasteiger partial charge in [0.25, 0.3) is 0 Å². The summed E-state index contributed by atoms with van der Waals surface area (Å²) in [6, 6.07) is 0. The maximum absolute atomic E-state index is 5.69. The molecule has 2 unspecified atom stereocenters. The van der Waals surface area contributed by atoms with Gasteiger partial charge in [-0.1, -0.05) is 6.92 Å². The fourth-order valence-electron chi connectivity index (χ4n) is 1.29. The molecular formula is C7H13ClO. The van der Waals surface area contributed by atoms with E-state index in [-0.39, 0.29) is 5.60 Å². The van der Waals surface area contributed by atoms with Crippen LogP contribution >= 0.6 is 11.6 Å². The van der Waals surface area contributed by atoms with Gasteiger partial charge in [0.05, 0.1) is 18.1 Å². The van der Waals surface area contributed by atoms with Crippen molar-refractivity contribution in [3.63, 3.8) is 0 Å². The van der Waals surface area contributed by atoms with Crippen LogP contribution in [0.2, 0.25) is 0 Å². The predicted octanol–water partition coefficient (Wildman–Crippen LogP) is 2.04. The van der Waals surface area contributed by atoms with Crippen LogP contribution < -0.4 is 0 Å². The first-order valence-corrected chi connectivity index (χ1v) is 3.90. The molecule has 0 radical (unpaired) electrons. The van der Waals surface area contributed by atoms with Gasteiger partial charge in [-0.2, -0.15) is 0 Å². The third-order valence-electron chi connectivity index (χ3n) is 1.78. The van der Waals surface area contributed by atoms with Crippen molar-refractivity contribution in [2.45, 2.75) is 25.9 Å². The van der Waals surface area contributed by atoms with Gasteiger partial charge in [0, 0.05) is 0 Å². The Morgan fingerprint density at radius 3 is 2.67 bits per heavy atom. The Kier molecular flexibility index (Phi) is 2.02. The minimum absolute atomic E-state index is 0.0268. The highest BCUT2D eigenvalue weighted by atomic mass is 35.5. The van der Waals surface area contributed by atoms with Crippen LogP contribution in [0.15, 0.2) is 0 Å². The fourth-order valence-corrected chi connectivity index (χ4v) is 1.48. The van der Waals surface area contributed by atoms with Crippen LogP contribution in [0.5, 0.6) is 0 Å². The molecule has 0 aromatic carbocycles. The summed E-state index contributed by atoms with van der Waals surface area (Å²) >= 11 is 5.69. The van der Waals surface area contributed by atoms with E-state index in [4.69, 9.17) is 16.3 Å². The lowest BCUT2D eigenvalue weighted by molar-refractivity contribution is 0.0382. The summed E-state index contributed by atoms with van der Waals surface area (Å²) in [4.78, 5) is 0. The van der Waals surface area contributed by atoms with Crippen molar-refractivity contribution in [1.29, 1.82) is 0 Å². The molecule has 0 bridgehead atoms. The van der Waals surface area contributed by atoms with E-state index in [2.05, 4.69) is 13.8 Å². The van der Waals surface area contributed by atoms with Crippen LogP contribution in [-0.4, -0.2) is 18.1 Å². The van der Waals surface area contributed by atoms with E-state index in [1.807, 2.05) is 0 Å². The first-order chi connectivity index (χ1) is 4.16. The van der Waals surface area contributed by atoms with Crippen molar-refractivity contribution in [2.24, 2.45) is 5.92 Å². The summed E-state index contributed by atoms with van der Waals surface area (Å²) < 4.78 is 5.47. The lowest BCUT2D eigenvalue weighted by Gasteiger charge is -2.18. The van der Waals surface area contributed by atoms with Crippen LogP contribution in [0.1, 0.15) is 20.3 Å². The molecule has 1 heterocycles. The summed E-state index contributed by atoms with van der Waals surface area (Å²) in [7, 11) is 0. The van der Waals surface area contributed by atoms with Gasteiger partial charge in [-0.25, -0.2) is 0 Å². The molecule has 2 atom stereocenters. The first-order valence-electron chi connectivity index (χ1n) is 3.36. The van der Waals surface area contributed by atoms with Crippen LogP contribution in [0, 0.1) is 5.92 Å². The van der Waals surface area contributed by atoms with Crippen LogP contribution in [0.4, 0.5) is 0 Å². The maximum Gasteiger partial charge on any atom is 0.0792 e. The van der Waals surface area contributed by atoms with E-state index in [0.717, 1.165) is 13.0 Å². The molecule has 0 aromatic rings. The molecule has 0 spiro atoms. The predicted molar refractivity (Wildman–Crippen MR) is 38.9 cm³/mol. The molecule has 1 aliphatic rings. The lowest BCUT2D eigenvalue weighted by atomic mass is 9.99. The van der Waals surface area contributed by atoms with Gasteiger partial charge in [0.1, 0.15) is 0 Å². The zero-order valence-electron chi connectivity index (χ0n) is 5.98. The molecule has 54 valence electrons. The topological polar surface area (TPSA) is 9.23 Å². The Morgan fingerprint density at radius 2 is 2.44 bits per heavy atom. The Morgan fingerprint density at radius 1 is 1.78 bits per heavy atom. The standard InChI is InChI=1S/C7H13ClO/c1-6-3-7(2,5-8)9-4-6/h6H,3-5H2,1-2H3. The van der Waals surface area contributed by atoms with E-state index < -0.39 is 0 Å². The van der Waals surface area contributed by atoms with Gasteiger partial charge < -0.3 is 4.74 Å². The molecule has 1 saturated heterocycles. The molecule has 1 aliphatic heterocycles. The Hall–Kier alpha value is 0.250. The Bertz CT molecular complexity index is 105. The highest BCUT2D eigenvalue weighted by molar-refractivity contribution is 6.18. The number of hydrogen-bond donors (Lipinski definition) is 0. The average molecular weight is 149 g/mol. The average Bonchev–Trinajstić information content (AvgIpc) is 2.13. The van der Waals surface area contributed by atoms with Crippen molar-refractivity contribution in [1.82, 2.24) is 0 Å². The molecule has 0 amide bonds. The van der Waals surface area contributed by atoms with E-state index in [1.165, 1.54) is 0 Å². The van der Waals surface area contributed by atoms with E-state index in [0.29, 0.717) is 11.8 Å². The minimum Gasteiger partial charge on any atom is -0.374 e. The van der Waals surface area contributed by atoms with Gasteiger partial charge in [0.15, 0.2) is 0 Å². The monoisotopic (exact) mass is 148 g/mol. The van der Waals surface area contributed by atoms with Crippen molar-refractivity contribution in [2.75, 3.05) is 12.5 Å². The normalized spacial score (nSPS) is 43.7. The highest BCUT2D eigenvalue weighted by Gasteiger charge is 2.32. The molecule has 1 fully saturated rings. The molecule has 0 aliphatic carbocycles. The Labute approximate surface area is 61.3 Å². The number of ether oxygens (including phenoxy) is 1. The minimum atomic E-state index is -0.0268. The molecule has 0 aromatic heterocycles. The van der Waals surface area contributed by atoms with E-state index >= 15 is 0 Å². The smallest absolute Gasteiger partial charge is 0.0792 e. The van der Waals surface area contributed by atoms with E-state index in [9.17, 15) is 0 Å². The molecule has 2 heteroatoms. The molecular weight excluding hydrogens is 136 g/mol. The fraction of sp³-hybridized carbons (Fsp3) is 1.00. The summed E-state index contributed by atoms with van der Waals surface area (Å²) in [5, 5.41) is 0. The molecule has 1 nitrogen and oxygen atoms in total. The first kappa shape index (κ1) is 7.36. The third-order valence-corrected chi connectivity index (χ3v) is 2.34. The summed E-state index contributed by atoms with van der Waals surface area (Å²) in [6.07, 6.45) is 1.11. The third kappa shape index (κ3) is 1.59. The van der Waals surface area contributed by atoms with Gasteiger partial charge in [-0.05, 0) is 19.3 Å². The SMILES string of the molecule is CC1COC(C)(CCl)C1. The highest BCUT2D eigenvalue weighted by Crippen LogP contribution is 2.29. The van der Waals surface area contributed by atoms with Gasteiger partial charge in [0.2, 0.25) is 0 Å². The zero-order chi connectivity index (χ0) is 6.91. The van der Waals surface area contributed by atoms with Gasteiger partial charge in [-0.3, -0.25) is 0 Å². The lowest BCUT2D eigenvalue weighted by Crippen LogP contribution is -2.24. The Balaban J connectivity index is 2.45. The second-order valence-electron chi connectivity index (χ2n) is 3.20. The second-order valence-corrected chi connectivity index (χ2v) is 3.47. The summed E-state index contributed by atoms with van der Waals surface area (Å²) in [5.74, 6) is 1.31. The van der Waals surface area contributed by atoms with Crippen molar-refractivity contribution < 1.29 is 4.74 Å². The summed E-state index contributed by atoms with van der Waals surface area (Å²) in [6.45, 7) is 5.14. The molecule has 0 N–H and O–H groups in total. The zero-order valence-corrected chi connectivity index (χ0v) is 6.74. The van der Waals surface area contributed by atoms with E-state index in [1.54, 1.807) is 0 Å². The maximum atomic E-state index is 5.69. The molecule has 9 heavy (non-hydrogen) atoms. The number of halogens is 1. The van der Waals surface area contributed by atoms with Crippen LogP contribution in [0.25, 0.3) is 0 Å². The summed E-state index contributed by atoms with van der Waals surface area (Å²) in [5.41, 5.74) is -0.0268. The van der Waals surface area contributed by atoms with Crippen molar-refractivity contribution in [3.8, 4) is 0 Å². The molecule has 1 rings (SSSR count). The molecule has 0 saturated carbocycles. The van der Waals surface area contributed by atoms with Gasteiger partial charge in [-0.15, -0.1) is 11.6 Å². The van der Waals surface area contributed by atoms with Crippen molar-refractivity contribution in [3.05, 3.63) is 0 Å². The number of alkyl halides is 1.